The van der Waals surface area contributed by atoms with Gasteiger partial charge in [0.25, 0.3) is 0 Å². The number of hydrogen-bond acceptors (Lipinski definition) is 5. The van der Waals surface area contributed by atoms with Crippen LogP contribution in [0.1, 0.15) is 25.0 Å². The fourth-order valence-corrected chi connectivity index (χ4v) is 1.76. The smallest absolute Gasteiger partial charge is 0.148 e. The highest BCUT2D eigenvalue weighted by Crippen LogP contribution is 2.16. The highest BCUT2D eigenvalue weighted by molar-refractivity contribution is 6.08. The van der Waals surface area contributed by atoms with Gasteiger partial charge >= 0.3 is 0 Å². The Morgan fingerprint density at radius 2 is 2.39 bits per heavy atom. The van der Waals surface area contributed by atoms with E-state index in [1.807, 2.05) is 0 Å². The van der Waals surface area contributed by atoms with Gasteiger partial charge in [-0.2, -0.15) is 0 Å². The van der Waals surface area contributed by atoms with Crippen LogP contribution in [0.4, 0.5) is 0 Å². The van der Waals surface area contributed by atoms with E-state index in [0.29, 0.717) is 11.3 Å². The SMILES string of the molecule is NC=C(C=NC1CCCCO1)c1ccc(O)cn1. The van der Waals surface area contributed by atoms with Gasteiger partial charge in [0.1, 0.15) is 12.0 Å². The summed E-state index contributed by atoms with van der Waals surface area (Å²) in [5.41, 5.74) is 6.95. The van der Waals surface area contributed by atoms with Gasteiger partial charge in [0.05, 0.1) is 11.9 Å². The number of nitrogens with zero attached hydrogens (tertiary/aromatic N) is 2. The standard InChI is InChI=1S/C13H17N3O2/c14-7-10(12-5-4-11(17)9-15-12)8-16-13-3-1-2-6-18-13/h4-5,7-9,13,17H,1-3,6,14H2. The lowest BCUT2D eigenvalue weighted by Crippen LogP contribution is -2.16. The summed E-state index contributed by atoms with van der Waals surface area (Å²) in [5.74, 6) is 0.127. The maximum atomic E-state index is 9.18. The molecule has 1 aromatic heterocycles. The minimum atomic E-state index is -0.0779. The number of aromatic nitrogens is 1. The molecular formula is C13H17N3O2. The van der Waals surface area contributed by atoms with Gasteiger partial charge in [-0.3, -0.25) is 9.98 Å². The Bertz CT molecular complexity index is 434. The Hall–Kier alpha value is -1.88. The lowest BCUT2D eigenvalue weighted by atomic mass is 10.2. The number of allylic oxidation sites excluding steroid dienone is 1. The summed E-state index contributed by atoms with van der Waals surface area (Å²) in [6.45, 7) is 0.765. The van der Waals surface area contributed by atoms with Crippen LogP contribution in [0.25, 0.3) is 5.57 Å². The van der Waals surface area contributed by atoms with Gasteiger partial charge in [-0.15, -0.1) is 0 Å². The molecule has 1 unspecified atom stereocenters. The molecule has 0 amide bonds. The van der Waals surface area contributed by atoms with Crippen LogP contribution < -0.4 is 5.73 Å². The molecule has 0 spiro atoms. The van der Waals surface area contributed by atoms with E-state index in [1.54, 1.807) is 18.3 Å². The molecule has 0 aliphatic carbocycles. The van der Waals surface area contributed by atoms with E-state index in [2.05, 4.69) is 9.98 Å². The molecule has 1 aromatic rings. The summed E-state index contributed by atoms with van der Waals surface area (Å²) in [4.78, 5) is 8.44. The van der Waals surface area contributed by atoms with Crippen molar-refractivity contribution in [3.05, 3.63) is 30.2 Å². The largest absolute Gasteiger partial charge is 0.506 e. The lowest BCUT2D eigenvalue weighted by molar-refractivity contribution is 0.0227. The third-order valence-corrected chi connectivity index (χ3v) is 2.76. The fourth-order valence-electron chi connectivity index (χ4n) is 1.76. The zero-order valence-corrected chi connectivity index (χ0v) is 10.1. The highest BCUT2D eigenvalue weighted by Gasteiger charge is 2.11. The number of pyridine rings is 1. The van der Waals surface area contributed by atoms with Gasteiger partial charge in [-0.25, -0.2) is 0 Å². The van der Waals surface area contributed by atoms with Crippen molar-refractivity contribution in [2.24, 2.45) is 10.7 Å². The quantitative estimate of drug-likeness (QED) is 0.796. The van der Waals surface area contributed by atoms with Crippen molar-refractivity contribution in [2.45, 2.75) is 25.5 Å². The van der Waals surface area contributed by atoms with E-state index in [-0.39, 0.29) is 12.0 Å². The topological polar surface area (TPSA) is 80.7 Å². The van der Waals surface area contributed by atoms with Gasteiger partial charge in [0.15, 0.2) is 0 Å². The molecule has 1 aliphatic heterocycles. The first-order valence-electron chi connectivity index (χ1n) is 6.01. The van der Waals surface area contributed by atoms with Gasteiger partial charge in [-0.1, -0.05) is 0 Å². The molecule has 3 N–H and O–H groups in total. The van der Waals surface area contributed by atoms with Crippen molar-refractivity contribution < 1.29 is 9.84 Å². The maximum absolute atomic E-state index is 9.18. The molecule has 96 valence electrons. The van der Waals surface area contributed by atoms with Gasteiger partial charge in [0, 0.05) is 24.6 Å². The second-order valence-electron chi connectivity index (χ2n) is 4.12. The predicted molar refractivity (Wildman–Crippen MR) is 70.1 cm³/mol. The zero-order valence-electron chi connectivity index (χ0n) is 10.1. The summed E-state index contributed by atoms with van der Waals surface area (Å²) in [5, 5.41) is 9.18. The number of nitrogens with two attached hydrogens (primary N) is 1. The number of aliphatic imine (C=N–C) groups is 1. The minimum absolute atomic E-state index is 0.0779. The summed E-state index contributed by atoms with van der Waals surface area (Å²) in [6, 6.07) is 3.26. The summed E-state index contributed by atoms with van der Waals surface area (Å²) in [6.07, 6.45) is 7.61. The molecule has 5 heteroatoms. The second-order valence-corrected chi connectivity index (χ2v) is 4.12. The highest BCUT2D eigenvalue weighted by atomic mass is 16.5. The molecule has 1 atom stereocenters. The predicted octanol–water partition coefficient (Wildman–Crippen LogP) is 1.68. The lowest BCUT2D eigenvalue weighted by Gasteiger charge is -2.18. The Kier molecular flexibility index (Phi) is 4.30. The average molecular weight is 247 g/mol. The third kappa shape index (κ3) is 3.30. The van der Waals surface area contributed by atoms with Crippen molar-refractivity contribution in [3.63, 3.8) is 0 Å². The van der Waals surface area contributed by atoms with Crippen LogP contribution in [0.15, 0.2) is 29.5 Å². The van der Waals surface area contributed by atoms with Crippen LogP contribution in [0.3, 0.4) is 0 Å². The Morgan fingerprint density at radius 1 is 1.50 bits per heavy atom. The molecular weight excluding hydrogens is 230 g/mol. The van der Waals surface area contributed by atoms with E-state index in [4.69, 9.17) is 10.5 Å². The molecule has 1 saturated heterocycles. The summed E-state index contributed by atoms with van der Waals surface area (Å²) >= 11 is 0. The Balaban J connectivity index is 2.05. The number of ether oxygens (including phenoxy) is 1. The van der Waals surface area contributed by atoms with Crippen LogP contribution in [-0.4, -0.2) is 29.1 Å². The van der Waals surface area contributed by atoms with Gasteiger partial charge in [-0.05, 0) is 31.4 Å². The number of rotatable bonds is 3. The Morgan fingerprint density at radius 3 is 3.00 bits per heavy atom. The molecule has 0 aromatic carbocycles. The monoisotopic (exact) mass is 247 g/mol. The first kappa shape index (κ1) is 12.6. The van der Waals surface area contributed by atoms with E-state index in [0.717, 1.165) is 25.9 Å². The van der Waals surface area contributed by atoms with Crippen molar-refractivity contribution in [1.29, 1.82) is 0 Å². The summed E-state index contributed by atoms with van der Waals surface area (Å²) in [7, 11) is 0. The Labute approximate surface area is 106 Å². The normalized spacial score (nSPS) is 21.3. The first-order valence-corrected chi connectivity index (χ1v) is 6.01. The molecule has 0 saturated carbocycles. The van der Waals surface area contributed by atoms with Crippen LogP contribution in [0.2, 0.25) is 0 Å². The van der Waals surface area contributed by atoms with Crippen LogP contribution >= 0.6 is 0 Å². The van der Waals surface area contributed by atoms with E-state index < -0.39 is 0 Å². The van der Waals surface area contributed by atoms with Gasteiger partial charge in [0.2, 0.25) is 0 Å². The number of hydrogen-bond donors (Lipinski definition) is 2. The van der Waals surface area contributed by atoms with Crippen LogP contribution in [0, 0.1) is 0 Å². The molecule has 2 rings (SSSR count). The van der Waals surface area contributed by atoms with Crippen molar-refractivity contribution in [3.8, 4) is 5.75 Å². The van der Waals surface area contributed by atoms with E-state index in [9.17, 15) is 5.11 Å². The molecule has 1 aliphatic rings. The molecule has 2 heterocycles. The average Bonchev–Trinajstić information content (AvgIpc) is 2.42. The molecule has 0 bridgehead atoms. The van der Waals surface area contributed by atoms with E-state index >= 15 is 0 Å². The maximum Gasteiger partial charge on any atom is 0.148 e. The third-order valence-electron chi connectivity index (χ3n) is 2.76. The van der Waals surface area contributed by atoms with Crippen LogP contribution in [0.5, 0.6) is 5.75 Å². The van der Waals surface area contributed by atoms with Gasteiger partial charge < -0.3 is 15.6 Å². The summed E-state index contributed by atoms with van der Waals surface area (Å²) < 4.78 is 5.50. The minimum Gasteiger partial charge on any atom is -0.506 e. The fraction of sp³-hybridized carbons (Fsp3) is 0.385. The zero-order chi connectivity index (χ0) is 12.8. The van der Waals surface area contributed by atoms with Crippen molar-refractivity contribution in [2.75, 3.05) is 6.61 Å². The molecule has 18 heavy (non-hydrogen) atoms. The second kappa shape index (κ2) is 6.16. The van der Waals surface area contributed by atoms with Crippen LogP contribution in [-0.2, 0) is 4.74 Å². The molecule has 5 nitrogen and oxygen atoms in total. The van der Waals surface area contributed by atoms with Crippen molar-refractivity contribution >= 4 is 11.8 Å². The van der Waals surface area contributed by atoms with Crippen molar-refractivity contribution in [1.82, 2.24) is 4.98 Å². The number of aromatic hydroxyl groups is 1. The first-order chi connectivity index (χ1) is 8.79. The van der Waals surface area contributed by atoms with E-state index in [1.165, 1.54) is 12.4 Å². The molecule has 1 fully saturated rings. The molecule has 0 radical (unpaired) electrons.